The molecular weight excluding hydrogens is 188 g/mol. The van der Waals surface area contributed by atoms with Gasteiger partial charge in [-0.05, 0) is 11.3 Å². The molecule has 0 aliphatic rings. The Morgan fingerprint density at radius 3 is 3.00 bits per heavy atom. The summed E-state index contributed by atoms with van der Waals surface area (Å²) >= 11 is 6.83. The van der Waals surface area contributed by atoms with Gasteiger partial charge in [0.1, 0.15) is 10.5 Å². The zero-order valence-electron chi connectivity index (χ0n) is 7.20. The molecule has 1 N–H and O–H groups in total. The average Bonchev–Trinajstić information content (AvgIpc) is 2.01. The van der Waals surface area contributed by atoms with E-state index in [0.717, 1.165) is 16.2 Å². The van der Waals surface area contributed by atoms with E-state index in [1.54, 1.807) is 12.3 Å². The van der Waals surface area contributed by atoms with Gasteiger partial charge >= 0.3 is 0 Å². The van der Waals surface area contributed by atoms with Crippen LogP contribution in [0.2, 0.25) is 0 Å². The molecule has 0 atom stereocenters. The molecule has 66 valence electrons. The second-order valence-corrected chi connectivity index (χ2v) is 4.75. The molecule has 1 aromatic rings. The first-order chi connectivity index (χ1) is 5.68. The molecular formula is C8H12N2S2. The zero-order chi connectivity index (χ0) is 8.97. The van der Waals surface area contributed by atoms with Gasteiger partial charge in [0.2, 0.25) is 0 Å². The van der Waals surface area contributed by atoms with Crippen LogP contribution in [0.5, 0.6) is 0 Å². The fraction of sp³-hybridized carbons (Fsp3) is 0.500. The van der Waals surface area contributed by atoms with Gasteiger partial charge in [-0.25, -0.2) is 4.98 Å². The molecule has 1 aromatic heterocycles. The summed E-state index contributed by atoms with van der Waals surface area (Å²) in [5.74, 6) is 1.86. The van der Waals surface area contributed by atoms with Crippen molar-refractivity contribution in [2.45, 2.75) is 24.9 Å². The van der Waals surface area contributed by atoms with Crippen LogP contribution in [0.15, 0.2) is 12.3 Å². The summed E-state index contributed by atoms with van der Waals surface area (Å²) in [7, 11) is 0. The summed E-state index contributed by atoms with van der Waals surface area (Å²) < 4.78 is 0.754. The molecule has 4 heteroatoms. The van der Waals surface area contributed by atoms with Crippen LogP contribution in [-0.4, -0.2) is 15.2 Å². The highest BCUT2D eigenvalue weighted by Crippen LogP contribution is 2.13. The molecule has 12 heavy (non-hydrogen) atoms. The van der Waals surface area contributed by atoms with Gasteiger partial charge in [0.05, 0.1) is 5.75 Å². The van der Waals surface area contributed by atoms with Gasteiger partial charge in [-0.15, -0.1) is 0 Å². The Morgan fingerprint density at radius 2 is 2.42 bits per heavy atom. The van der Waals surface area contributed by atoms with Crippen LogP contribution in [0.3, 0.4) is 0 Å². The molecule has 1 heterocycles. The first-order valence-electron chi connectivity index (χ1n) is 3.84. The number of H-pyrrole nitrogens is 1. The van der Waals surface area contributed by atoms with E-state index >= 15 is 0 Å². The second kappa shape index (κ2) is 4.62. The topological polar surface area (TPSA) is 28.7 Å². The van der Waals surface area contributed by atoms with Crippen LogP contribution in [-0.2, 0) is 5.75 Å². The van der Waals surface area contributed by atoms with E-state index in [4.69, 9.17) is 12.2 Å². The lowest BCUT2D eigenvalue weighted by atomic mass is 10.6. The third-order valence-electron chi connectivity index (χ3n) is 1.28. The van der Waals surface area contributed by atoms with Crippen LogP contribution < -0.4 is 0 Å². The van der Waals surface area contributed by atoms with Gasteiger partial charge in [0.15, 0.2) is 0 Å². The standard InChI is InChI=1S/C8H12N2S2/c1-6(2)12-5-7-9-4-3-8(11)10-7/h3-4,6H,5H2,1-2H3,(H,9,10,11). The normalized spacial score (nSPS) is 10.6. The maximum atomic E-state index is 4.97. The molecule has 0 unspecified atom stereocenters. The fourth-order valence-electron chi connectivity index (χ4n) is 0.730. The van der Waals surface area contributed by atoms with Gasteiger partial charge in [0.25, 0.3) is 0 Å². The van der Waals surface area contributed by atoms with Crippen molar-refractivity contribution in [2.75, 3.05) is 0 Å². The van der Waals surface area contributed by atoms with E-state index in [2.05, 4.69) is 23.8 Å². The van der Waals surface area contributed by atoms with Gasteiger partial charge in [-0.2, -0.15) is 11.8 Å². The van der Waals surface area contributed by atoms with E-state index in [9.17, 15) is 0 Å². The molecule has 0 saturated heterocycles. The van der Waals surface area contributed by atoms with Gasteiger partial charge in [-0.1, -0.05) is 26.1 Å². The van der Waals surface area contributed by atoms with Crippen LogP contribution >= 0.6 is 24.0 Å². The Balaban J connectivity index is 2.58. The van der Waals surface area contributed by atoms with Crippen LogP contribution in [0.25, 0.3) is 0 Å². The van der Waals surface area contributed by atoms with Crippen LogP contribution in [0.4, 0.5) is 0 Å². The first-order valence-corrected chi connectivity index (χ1v) is 5.30. The highest BCUT2D eigenvalue weighted by atomic mass is 32.2. The zero-order valence-corrected chi connectivity index (χ0v) is 8.84. The number of rotatable bonds is 3. The van der Waals surface area contributed by atoms with Crippen molar-refractivity contribution in [3.05, 3.63) is 22.7 Å². The molecule has 0 fully saturated rings. The molecule has 0 radical (unpaired) electrons. The van der Waals surface area contributed by atoms with Crippen molar-refractivity contribution >= 4 is 24.0 Å². The third kappa shape index (κ3) is 3.36. The van der Waals surface area contributed by atoms with E-state index in [0.29, 0.717) is 5.25 Å². The minimum absolute atomic E-state index is 0.633. The van der Waals surface area contributed by atoms with Crippen molar-refractivity contribution in [3.63, 3.8) is 0 Å². The maximum absolute atomic E-state index is 4.97. The SMILES string of the molecule is CC(C)SCc1nccc(=S)[nH]1. The van der Waals surface area contributed by atoms with Gasteiger partial charge in [-0.3, -0.25) is 0 Å². The highest BCUT2D eigenvalue weighted by molar-refractivity contribution is 7.99. The summed E-state index contributed by atoms with van der Waals surface area (Å²) in [6, 6.07) is 1.79. The van der Waals surface area contributed by atoms with Crippen molar-refractivity contribution in [2.24, 2.45) is 0 Å². The maximum Gasteiger partial charge on any atom is 0.117 e. The first kappa shape index (κ1) is 9.74. The van der Waals surface area contributed by atoms with E-state index in [1.165, 1.54) is 0 Å². The number of hydrogen-bond donors (Lipinski definition) is 1. The number of aromatic nitrogens is 2. The molecule has 2 nitrogen and oxygen atoms in total. The Labute approximate surface area is 81.8 Å². The summed E-state index contributed by atoms with van der Waals surface area (Å²) in [6.07, 6.45) is 1.75. The largest absolute Gasteiger partial charge is 0.334 e. The predicted molar refractivity (Wildman–Crippen MR) is 55.9 cm³/mol. The molecule has 0 bridgehead atoms. The van der Waals surface area contributed by atoms with Gasteiger partial charge < -0.3 is 4.98 Å². The lowest BCUT2D eigenvalue weighted by molar-refractivity contribution is 1.01. The Kier molecular flexibility index (Phi) is 3.75. The fourth-order valence-corrected chi connectivity index (χ4v) is 1.55. The van der Waals surface area contributed by atoms with Crippen molar-refractivity contribution < 1.29 is 0 Å². The monoisotopic (exact) mass is 200 g/mol. The highest BCUT2D eigenvalue weighted by Gasteiger charge is 1.97. The number of thioether (sulfide) groups is 1. The van der Waals surface area contributed by atoms with Crippen LogP contribution in [0.1, 0.15) is 19.7 Å². The molecule has 0 aromatic carbocycles. The molecule has 0 spiro atoms. The minimum atomic E-state index is 0.633. The Morgan fingerprint density at radius 1 is 1.67 bits per heavy atom. The lowest BCUT2D eigenvalue weighted by Gasteiger charge is -2.03. The number of nitrogens with one attached hydrogen (secondary N) is 1. The summed E-state index contributed by atoms with van der Waals surface area (Å²) in [4.78, 5) is 7.21. The molecule has 0 aliphatic heterocycles. The smallest absolute Gasteiger partial charge is 0.117 e. The quantitative estimate of drug-likeness (QED) is 0.761. The Hall–Kier alpha value is -0.350. The van der Waals surface area contributed by atoms with Crippen molar-refractivity contribution in [3.8, 4) is 0 Å². The number of nitrogens with zero attached hydrogens (tertiary/aromatic N) is 1. The minimum Gasteiger partial charge on any atom is -0.334 e. The lowest BCUT2D eigenvalue weighted by Crippen LogP contribution is -1.94. The van der Waals surface area contributed by atoms with Crippen molar-refractivity contribution in [1.82, 2.24) is 9.97 Å². The van der Waals surface area contributed by atoms with Crippen LogP contribution in [0, 0.1) is 4.64 Å². The second-order valence-electron chi connectivity index (χ2n) is 2.74. The molecule has 0 aliphatic carbocycles. The van der Waals surface area contributed by atoms with Crippen molar-refractivity contribution in [1.29, 1.82) is 0 Å². The van der Waals surface area contributed by atoms with E-state index in [-0.39, 0.29) is 0 Å². The predicted octanol–water partition coefficient (Wildman–Crippen LogP) is 2.78. The average molecular weight is 200 g/mol. The molecule has 0 saturated carbocycles. The number of hydrogen-bond acceptors (Lipinski definition) is 3. The molecule has 1 rings (SSSR count). The van der Waals surface area contributed by atoms with E-state index in [1.807, 2.05) is 11.8 Å². The third-order valence-corrected chi connectivity index (χ3v) is 2.62. The molecule has 0 amide bonds. The number of aromatic amines is 1. The summed E-state index contributed by atoms with van der Waals surface area (Å²) in [5, 5.41) is 0.633. The Bertz CT molecular complexity index is 293. The van der Waals surface area contributed by atoms with E-state index < -0.39 is 0 Å². The summed E-state index contributed by atoms with van der Waals surface area (Å²) in [6.45, 7) is 4.34. The summed E-state index contributed by atoms with van der Waals surface area (Å²) in [5.41, 5.74) is 0. The van der Waals surface area contributed by atoms with Gasteiger partial charge in [0, 0.05) is 6.20 Å².